The maximum Gasteiger partial charge on any atom is 0.310 e. The zero-order valence-corrected chi connectivity index (χ0v) is 16.4. The van der Waals surface area contributed by atoms with Crippen LogP contribution in [0.4, 0.5) is 19.4 Å². The number of cyclic esters (lactones) is 1. The van der Waals surface area contributed by atoms with Gasteiger partial charge in [0.1, 0.15) is 4.90 Å². The Morgan fingerprint density at radius 2 is 1.76 bits per heavy atom. The second-order valence-corrected chi connectivity index (χ2v) is 11.0. The van der Waals surface area contributed by atoms with E-state index >= 15 is 0 Å². The van der Waals surface area contributed by atoms with E-state index in [1.165, 1.54) is 6.07 Å². The van der Waals surface area contributed by atoms with Gasteiger partial charge in [-0.15, -0.1) is 0 Å². The van der Waals surface area contributed by atoms with Crippen LogP contribution >= 0.6 is 10.2 Å². The van der Waals surface area contributed by atoms with Crippen LogP contribution < -0.4 is 0 Å². The molecular weight excluding hydrogens is 417 g/mol. The molecule has 1 saturated carbocycles. The highest BCUT2D eigenvalue weighted by atomic mass is 32.5. The third-order valence-corrected chi connectivity index (χ3v) is 7.49. The number of likely N-dealkylation sites (tertiary alicyclic amines) is 1. The molecule has 1 spiro atoms. The average Bonchev–Trinajstić information content (AvgIpc) is 3.00. The molecule has 1 aliphatic carbocycles. The number of halogens is 5. The molecule has 4 nitrogen and oxygen atoms in total. The van der Waals surface area contributed by atoms with Gasteiger partial charge in [0.2, 0.25) is 5.91 Å². The first-order valence-corrected chi connectivity index (χ1v) is 11.5. The van der Waals surface area contributed by atoms with Crippen molar-refractivity contribution >= 4 is 22.1 Å². The van der Waals surface area contributed by atoms with E-state index in [1.807, 2.05) is 0 Å². The van der Waals surface area contributed by atoms with Crippen molar-refractivity contribution in [1.82, 2.24) is 4.90 Å². The van der Waals surface area contributed by atoms with E-state index < -0.39 is 15.1 Å². The maximum absolute atomic E-state index is 13.1. The Balaban J connectivity index is 1.36. The van der Waals surface area contributed by atoms with Crippen molar-refractivity contribution in [2.24, 2.45) is 11.3 Å². The quantitative estimate of drug-likeness (QED) is 0.469. The van der Waals surface area contributed by atoms with Gasteiger partial charge in [0.05, 0.1) is 13.0 Å². The Labute approximate surface area is 165 Å². The molecule has 162 valence electrons. The van der Waals surface area contributed by atoms with Crippen molar-refractivity contribution in [2.75, 3.05) is 19.7 Å². The summed E-state index contributed by atoms with van der Waals surface area (Å²) in [6, 6.07) is 3.41. The molecular formula is C19H22F5NO3S. The standard InChI is InChI=1S/C19H22F5NO3S/c20-29(21,22,23,24)16-3-1-2-14(8-16)13-4-6-25(7-5-13)18(27)15-9-19(10-15)11-17(26)28-12-19/h1-3,8,13,15H,4-7,9-12H2. The fourth-order valence-corrected chi connectivity index (χ4v) is 5.46. The minimum atomic E-state index is -9.70. The number of benzene rings is 1. The first-order chi connectivity index (χ1) is 13.2. The van der Waals surface area contributed by atoms with Crippen LogP contribution in [0, 0.1) is 11.3 Å². The number of esters is 1. The maximum atomic E-state index is 13.1. The van der Waals surface area contributed by atoms with Gasteiger partial charge in [-0.2, -0.15) is 0 Å². The number of hydrogen-bond donors (Lipinski definition) is 0. The summed E-state index contributed by atoms with van der Waals surface area (Å²) >= 11 is 0. The van der Waals surface area contributed by atoms with Crippen LogP contribution in [-0.4, -0.2) is 36.5 Å². The zero-order valence-electron chi connectivity index (χ0n) is 15.6. The SMILES string of the molecule is O=C1CC2(CO1)CC(C(=O)N1CCC(c3cccc(S(F)(F)(F)(F)F)c3)CC1)C2. The largest absolute Gasteiger partial charge is 0.465 e. The molecule has 2 heterocycles. The Morgan fingerprint density at radius 1 is 1.10 bits per heavy atom. The van der Waals surface area contributed by atoms with Crippen LogP contribution in [0.25, 0.3) is 0 Å². The van der Waals surface area contributed by atoms with Crippen LogP contribution in [0.3, 0.4) is 0 Å². The van der Waals surface area contributed by atoms with Gasteiger partial charge in [0, 0.05) is 24.4 Å². The van der Waals surface area contributed by atoms with Crippen LogP contribution in [-0.2, 0) is 14.3 Å². The number of hydrogen-bond acceptors (Lipinski definition) is 3. The van der Waals surface area contributed by atoms with Gasteiger partial charge in [-0.1, -0.05) is 31.6 Å². The van der Waals surface area contributed by atoms with Gasteiger partial charge in [-0.3, -0.25) is 9.59 Å². The highest BCUT2D eigenvalue weighted by Crippen LogP contribution is 3.02. The highest BCUT2D eigenvalue weighted by molar-refractivity contribution is 8.45. The predicted molar refractivity (Wildman–Crippen MR) is 97.1 cm³/mol. The Bertz CT molecular complexity index is 859. The molecule has 4 rings (SSSR count). The number of carbonyl (C=O) groups excluding carboxylic acids is 2. The van der Waals surface area contributed by atoms with E-state index in [0.717, 1.165) is 6.07 Å². The molecule has 3 fully saturated rings. The van der Waals surface area contributed by atoms with Gasteiger partial charge in [-0.05, 0) is 49.3 Å². The van der Waals surface area contributed by atoms with E-state index in [9.17, 15) is 29.0 Å². The molecule has 0 aromatic heterocycles. The lowest BCUT2D eigenvalue weighted by Gasteiger charge is -2.45. The van der Waals surface area contributed by atoms with Crippen molar-refractivity contribution in [3.8, 4) is 0 Å². The van der Waals surface area contributed by atoms with E-state index in [0.29, 0.717) is 63.9 Å². The molecule has 10 heteroatoms. The fourth-order valence-electron chi connectivity index (χ4n) is 4.76. The molecule has 0 unspecified atom stereocenters. The molecule has 1 aromatic carbocycles. The summed E-state index contributed by atoms with van der Waals surface area (Å²) in [6.07, 6.45) is 2.43. The number of ether oxygens (including phenoxy) is 1. The Kier molecular flexibility index (Phi) is 4.13. The van der Waals surface area contributed by atoms with Crippen LogP contribution in [0.1, 0.15) is 43.6 Å². The number of rotatable bonds is 3. The lowest BCUT2D eigenvalue weighted by Crippen LogP contribution is -2.49. The van der Waals surface area contributed by atoms with Crippen molar-refractivity contribution in [1.29, 1.82) is 0 Å². The summed E-state index contributed by atoms with van der Waals surface area (Å²) in [5.74, 6) is -0.690. The molecule has 0 atom stereocenters. The fraction of sp³-hybridized carbons (Fsp3) is 0.579. The van der Waals surface area contributed by atoms with Crippen molar-refractivity contribution in [3.63, 3.8) is 0 Å². The first kappa shape index (κ1) is 20.4. The molecule has 0 bridgehead atoms. The monoisotopic (exact) mass is 439 g/mol. The average molecular weight is 439 g/mol. The molecule has 3 aliphatic rings. The van der Waals surface area contributed by atoms with Gasteiger partial charge in [0.15, 0.2) is 0 Å². The van der Waals surface area contributed by atoms with Crippen molar-refractivity contribution in [3.05, 3.63) is 29.8 Å². The van der Waals surface area contributed by atoms with Crippen LogP contribution in [0.15, 0.2) is 29.2 Å². The van der Waals surface area contributed by atoms with Crippen LogP contribution in [0.2, 0.25) is 0 Å². The lowest BCUT2D eigenvalue weighted by atomic mass is 9.61. The Morgan fingerprint density at radius 3 is 2.31 bits per heavy atom. The second kappa shape index (κ2) is 5.86. The summed E-state index contributed by atoms with van der Waals surface area (Å²) in [6.45, 7) is 1.12. The number of nitrogens with zero attached hydrogens (tertiary/aromatic N) is 1. The zero-order chi connectivity index (χ0) is 21.1. The molecule has 29 heavy (non-hydrogen) atoms. The van der Waals surface area contributed by atoms with Crippen molar-refractivity contribution < 1.29 is 33.8 Å². The van der Waals surface area contributed by atoms with E-state index in [2.05, 4.69) is 0 Å². The number of piperidine rings is 1. The minimum absolute atomic E-state index is 0.00538. The smallest absolute Gasteiger partial charge is 0.310 e. The third-order valence-electron chi connectivity index (χ3n) is 6.35. The van der Waals surface area contributed by atoms with Crippen LogP contribution in [0.5, 0.6) is 0 Å². The second-order valence-electron chi connectivity index (χ2n) is 8.58. The molecule has 0 N–H and O–H groups in total. The predicted octanol–water partition coefficient (Wildman–Crippen LogP) is 5.39. The highest BCUT2D eigenvalue weighted by Gasteiger charge is 2.65. The summed E-state index contributed by atoms with van der Waals surface area (Å²) in [5.41, 5.74) is 0.0221. The molecule has 2 aliphatic heterocycles. The van der Waals surface area contributed by atoms with E-state index in [1.54, 1.807) is 4.90 Å². The van der Waals surface area contributed by atoms with Gasteiger partial charge >= 0.3 is 16.2 Å². The normalized spacial score (nSPS) is 30.4. The van der Waals surface area contributed by atoms with E-state index in [-0.39, 0.29) is 34.7 Å². The lowest BCUT2D eigenvalue weighted by molar-refractivity contribution is -0.144. The third kappa shape index (κ3) is 4.08. The van der Waals surface area contributed by atoms with Gasteiger partial charge < -0.3 is 9.64 Å². The number of amides is 1. The first-order valence-electron chi connectivity index (χ1n) is 9.53. The number of carbonyl (C=O) groups is 2. The van der Waals surface area contributed by atoms with Crippen molar-refractivity contribution in [2.45, 2.75) is 42.9 Å². The minimum Gasteiger partial charge on any atom is -0.465 e. The topological polar surface area (TPSA) is 46.6 Å². The molecule has 2 saturated heterocycles. The summed E-state index contributed by atoms with van der Waals surface area (Å²) < 4.78 is 70.3. The Hall–Kier alpha value is -1.84. The summed E-state index contributed by atoms with van der Waals surface area (Å²) in [4.78, 5) is 23.8. The summed E-state index contributed by atoms with van der Waals surface area (Å²) in [7, 11) is -9.70. The van der Waals surface area contributed by atoms with Gasteiger partial charge in [0.25, 0.3) is 0 Å². The molecule has 0 radical (unpaired) electrons. The summed E-state index contributed by atoms with van der Waals surface area (Å²) in [5, 5.41) is 0. The molecule has 1 aromatic rings. The van der Waals surface area contributed by atoms with E-state index in [4.69, 9.17) is 4.74 Å². The molecule has 1 amide bonds. The van der Waals surface area contributed by atoms with Gasteiger partial charge in [-0.25, -0.2) is 0 Å².